The maximum absolute atomic E-state index is 4.82. The molecule has 2 heterocycles. The molecule has 2 aromatic heterocycles. The lowest BCUT2D eigenvalue weighted by molar-refractivity contribution is 0.635. The van der Waals surface area contributed by atoms with Crippen molar-refractivity contribution in [3.63, 3.8) is 0 Å². The predicted octanol–water partition coefficient (Wildman–Crippen LogP) is 5.11. The van der Waals surface area contributed by atoms with E-state index in [2.05, 4.69) is 64.7 Å². The van der Waals surface area contributed by atoms with Crippen LogP contribution in [-0.4, -0.2) is 18.8 Å². The van der Waals surface area contributed by atoms with Gasteiger partial charge in [-0.05, 0) is 47.3 Å². The molecule has 0 amide bonds. The average Bonchev–Trinajstić information content (AvgIpc) is 2.32. The number of pyridine rings is 2. The van der Waals surface area contributed by atoms with Crippen LogP contribution in [0, 0.1) is 6.92 Å². The molecule has 0 unspecified atom stereocenters. The second-order valence-electron chi connectivity index (χ2n) is 7.96. The van der Waals surface area contributed by atoms with E-state index >= 15 is 0 Å². The number of hydrogen-bond acceptors (Lipinski definition) is 2. The molecule has 0 saturated heterocycles. The first kappa shape index (κ1) is 16.2. The molecule has 2 aromatic rings. The highest BCUT2D eigenvalue weighted by atomic mass is 28.3. The zero-order chi connectivity index (χ0) is 15.8. The lowest BCUT2D eigenvalue weighted by Gasteiger charge is -2.39. The van der Waals surface area contributed by atoms with Gasteiger partial charge < -0.3 is 0 Å². The van der Waals surface area contributed by atoms with Crippen LogP contribution in [0.25, 0.3) is 11.0 Å². The van der Waals surface area contributed by atoms with E-state index in [0.29, 0.717) is 10.1 Å². The summed E-state index contributed by atoms with van der Waals surface area (Å²) in [5, 5.41) is 1.85. The minimum Gasteiger partial charge on any atom is -0.233 e. The largest absolute Gasteiger partial charge is 0.233 e. The maximum atomic E-state index is 4.82. The molecule has 0 aliphatic rings. The number of hydrogen-bond donors (Lipinski definition) is 0. The van der Waals surface area contributed by atoms with Gasteiger partial charge >= 0.3 is 0 Å². The maximum Gasteiger partial charge on any atom is 0.159 e. The Labute approximate surface area is 130 Å². The summed E-state index contributed by atoms with van der Waals surface area (Å²) in [7, 11) is -0.596. The normalized spacial score (nSPS) is 13.1. The van der Waals surface area contributed by atoms with Gasteiger partial charge in [-0.25, -0.2) is 9.97 Å². The quantitative estimate of drug-likeness (QED) is 0.720. The van der Waals surface area contributed by atoms with Crippen molar-refractivity contribution in [3.05, 3.63) is 35.7 Å². The van der Waals surface area contributed by atoms with Crippen molar-refractivity contribution in [2.75, 3.05) is 0 Å². The Kier molecular flexibility index (Phi) is 4.25. The summed E-state index contributed by atoms with van der Waals surface area (Å²) in [6.45, 7) is 16.2. The van der Waals surface area contributed by atoms with Gasteiger partial charge in [-0.1, -0.05) is 41.5 Å². The molecule has 2 rings (SSSR count). The Bertz CT molecular complexity index is 622. The van der Waals surface area contributed by atoms with Crippen molar-refractivity contribution in [2.45, 2.75) is 64.6 Å². The summed E-state index contributed by atoms with van der Waals surface area (Å²) in [4.78, 5) is 9.39. The summed E-state index contributed by atoms with van der Waals surface area (Å²) >= 11 is 0. The van der Waals surface area contributed by atoms with Crippen LogP contribution < -0.4 is 0 Å². The van der Waals surface area contributed by atoms with Crippen molar-refractivity contribution in [3.8, 4) is 0 Å². The molecule has 0 aliphatic heterocycles. The van der Waals surface area contributed by atoms with E-state index in [1.807, 2.05) is 13.0 Å². The first-order valence-electron chi connectivity index (χ1n) is 7.67. The van der Waals surface area contributed by atoms with Crippen molar-refractivity contribution in [2.24, 2.45) is 0 Å². The van der Waals surface area contributed by atoms with E-state index in [0.717, 1.165) is 22.8 Å². The molecular weight excluding hydrogens is 272 g/mol. The van der Waals surface area contributed by atoms with Gasteiger partial charge in [-0.2, -0.15) is 0 Å². The molecular formula is C18H27N2Si. The van der Waals surface area contributed by atoms with E-state index in [4.69, 9.17) is 4.98 Å². The number of aromatic nitrogens is 2. The number of nitrogens with zero attached hydrogens (tertiary/aromatic N) is 2. The second kappa shape index (κ2) is 5.52. The highest BCUT2D eigenvalue weighted by Crippen LogP contribution is 2.43. The van der Waals surface area contributed by atoms with Gasteiger partial charge in [-0.15, -0.1) is 0 Å². The standard InChI is InChI=1S/C18H27N2Si/c1-13-8-9-14-10-11-15(20-16(14)19-13)12-21(17(2,3)4)18(5,6)7/h8-11H,12H2,1-7H3. The Morgan fingerprint density at radius 1 is 0.857 bits per heavy atom. The zero-order valence-corrected chi connectivity index (χ0v) is 15.4. The fourth-order valence-electron chi connectivity index (χ4n) is 3.07. The molecule has 0 spiro atoms. The molecule has 0 saturated carbocycles. The molecule has 0 N–H and O–H groups in total. The average molecular weight is 300 g/mol. The van der Waals surface area contributed by atoms with Crippen LogP contribution >= 0.6 is 0 Å². The molecule has 21 heavy (non-hydrogen) atoms. The van der Waals surface area contributed by atoms with E-state index in [1.165, 1.54) is 5.69 Å². The van der Waals surface area contributed by atoms with Crippen LogP contribution in [-0.2, 0) is 6.04 Å². The predicted molar refractivity (Wildman–Crippen MR) is 93.2 cm³/mol. The fourth-order valence-corrected chi connectivity index (χ4v) is 6.94. The molecule has 0 bridgehead atoms. The number of aryl methyl sites for hydroxylation is 1. The summed E-state index contributed by atoms with van der Waals surface area (Å²) in [5.41, 5.74) is 3.11. The third-order valence-electron chi connectivity index (χ3n) is 3.92. The van der Waals surface area contributed by atoms with Crippen LogP contribution in [0.1, 0.15) is 52.9 Å². The third kappa shape index (κ3) is 3.91. The second-order valence-corrected chi connectivity index (χ2v) is 12.3. The van der Waals surface area contributed by atoms with Gasteiger partial charge in [0.15, 0.2) is 5.65 Å². The van der Waals surface area contributed by atoms with Gasteiger partial charge in [-0.3, -0.25) is 0 Å². The molecule has 0 aliphatic carbocycles. The Balaban J connectivity index is 2.37. The Hall–Kier alpha value is -1.22. The van der Waals surface area contributed by atoms with E-state index in [1.54, 1.807) is 0 Å². The van der Waals surface area contributed by atoms with Crippen molar-refractivity contribution < 1.29 is 0 Å². The van der Waals surface area contributed by atoms with Crippen molar-refractivity contribution in [1.29, 1.82) is 0 Å². The van der Waals surface area contributed by atoms with Crippen molar-refractivity contribution in [1.82, 2.24) is 9.97 Å². The lowest BCUT2D eigenvalue weighted by atomic mass is 10.2. The Morgan fingerprint density at radius 2 is 1.43 bits per heavy atom. The van der Waals surface area contributed by atoms with Gasteiger partial charge in [0, 0.05) is 16.8 Å². The smallest absolute Gasteiger partial charge is 0.159 e. The Morgan fingerprint density at radius 3 is 2.00 bits per heavy atom. The molecule has 0 aromatic carbocycles. The summed E-state index contributed by atoms with van der Waals surface area (Å²) in [6.07, 6.45) is 0. The number of fused-ring (bicyclic) bond motifs is 1. The third-order valence-corrected chi connectivity index (χ3v) is 8.26. The zero-order valence-electron chi connectivity index (χ0n) is 14.4. The van der Waals surface area contributed by atoms with Crippen LogP contribution in [0.2, 0.25) is 10.1 Å². The van der Waals surface area contributed by atoms with Crippen molar-refractivity contribution >= 4 is 19.8 Å². The minimum atomic E-state index is -0.596. The first-order chi connectivity index (χ1) is 9.57. The summed E-state index contributed by atoms with van der Waals surface area (Å²) < 4.78 is 0. The minimum absolute atomic E-state index is 0.361. The van der Waals surface area contributed by atoms with E-state index in [9.17, 15) is 0 Å². The lowest BCUT2D eigenvalue weighted by Crippen LogP contribution is -2.37. The topological polar surface area (TPSA) is 25.8 Å². The highest BCUT2D eigenvalue weighted by molar-refractivity contribution is 6.64. The SMILES string of the molecule is Cc1ccc2ccc(C[Si](C(C)(C)C)C(C)(C)C)nc2n1. The van der Waals surface area contributed by atoms with Gasteiger partial charge in [0.05, 0.1) is 8.80 Å². The monoisotopic (exact) mass is 299 g/mol. The molecule has 1 radical (unpaired) electrons. The summed E-state index contributed by atoms with van der Waals surface area (Å²) in [5.74, 6) is 0. The van der Waals surface area contributed by atoms with Gasteiger partial charge in [0.25, 0.3) is 0 Å². The van der Waals surface area contributed by atoms with E-state index in [-0.39, 0.29) is 0 Å². The van der Waals surface area contributed by atoms with Crippen LogP contribution in [0.5, 0.6) is 0 Å². The van der Waals surface area contributed by atoms with E-state index < -0.39 is 8.80 Å². The van der Waals surface area contributed by atoms with Gasteiger partial charge in [0.1, 0.15) is 0 Å². The van der Waals surface area contributed by atoms with Crippen LogP contribution in [0.15, 0.2) is 24.3 Å². The van der Waals surface area contributed by atoms with Gasteiger partial charge in [0.2, 0.25) is 0 Å². The van der Waals surface area contributed by atoms with Crippen LogP contribution in [0.3, 0.4) is 0 Å². The number of rotatable bonds is 2. The first-order valence-corrected chi connectivity index (χ1v) is 9.38. The molecule has 2 nitrogen and oxygen atoms in total. The molecule has 3 heteroatoms. The molecule has 113 valence electrons. The molecule has 0 atom stereocenters. The fraction of sp³-hybridized carbons (Fsp3) is 0.556. The van der Waals surface area contributed by atoms with Crippen LogP contribution in [0.4, 0.5) is 0 Å². The highest BCUT2D eigenvalue weighted by Gasteiger charge is 2.36. The summed E-state index contributed by atoms with van der Waals surface area (Å²) in [6, 6.07) is 9.59. The molecule has 0 fully saturated rings.